The van der Waals surface area contributed by atoms with Gasteiger partial charge in [-0.3, -0.25) is 4.99 Å². The van der Waals surface area contributed by atoms with Crippen molar-refractivity contribution in [2.75, 3.05) is 60.2 Å². The van der Waals surface area contributed by atoms with Crippen LogP contribution in [0.15, 0.2) is 23.2 Å². The van der Waals surface area contributed by atoms with Crippen molar-refractivity contribution < 1.29 is 18.9 Å². The van der Waals surface area contributed by atoms with E-state index >= 15 is 0 Å². The van der Waals surface area contributed by atoms with E-state index in [1.165, 1.54) is 12.8 Å². The number of benzene rings is 1. The van der Waals surface area contributed by atoms with Gasteiger partial charge >= 0.3 is 0 Å². The fraction of sp³-hybridized carbons (Fsp3) is 0.667. The minimum absolute atomic E-state index is 0.338. The Kier molecular flexibility index (Phi) is 7.25. The van der Waals surface area contributed by atoms with E-state index in [0.29, 0.717) is 12.0 Å². The largest absolute Gasteiger partial charge is 0.496 e. The fourth-order valence-electron chi connectivity index (χ4n) is 3.82. The van der Waals surface area contributed by atoms with Crippen LogP contribution in [0.25, 0.3) is 0 Å². The number of likely N-dealkylation sites (tertiary alicyclic amines) is 1. The number of ether oxygens (including phenoxy) is 4. The molecule has 3 rings (SSSR count). The van der Waals surface area contributed by atoms with Crippen LogP contribution < -0.4 is 19.5 Å². The van der Waals surface area contributed by atoms with Crippen LogP contribution >= 0.6 is 0 Å². The number of hydrogen-bond acceptors (Lipinski definition) is 5. The van der Waals surface area contributed by atoms with Crippen molar-refractivity contribution in [2.24, 2.45) is 10.4 Å². The van der Waals surface area contributed by atoms with Crippen molar-refractivity contribution in [3.63, 3.8) is 0 Å². The molecule has 0 saturated carbocycles. The van der Waals surface area contributed by atoms with Gasteiger partial charge in [-0.15, -0.1) is 0 Å². The standard InChI is InChI=1S/C21H33N3O4/c1-4-22-20(24-9-6-21(15-24)7-11-27-16-21)23-8-5-10-28-19-13-17(25-2)12-18(14-19)26-3/h12-14H,4-11,15-16H2,1-3H3,(H,22,23). The first-order valence-electron chi connectivity index (χ1n) is 10.1. The molecule has 0 aromatic heterocycles. The quantitative estimate of drug-likeness (QED) is 0.417. The van der Waals surface area contributed by atoms with E-state index in [-0.39, 0.29) is 0 Å². The second-order valence-corrected chi connectivity index (χ2v) is 7.46. The molecular formula is C21H33N3O4. The first-order chi connectivity index (χ1) is 13.7. The van der Waals surface area contributed by atoms with Gasteiger partial charge in [-0.1, -0.05) is 0 Å². The SMILES string of the molecule is CCNC(=NCCCOc1cc(OC)cc(OC)c1)N1CCC2(CCOC2)C1. The monoisotopic (exact) mass is 391 g/mol. The Morgan fingerprint density at radius 2 is 1.93 bits per heavy atom. The summed E-state index contributed by atoms with van der Waals surface area (Å²) in [5.74, 6) is 3.20. The molecule has 1 spiro atoms. The van der Waals surface area contributed by atoms with E-state index < -0.39 is 0 Å². The van der Waals surface area contributed by atoms with Crippen molar-refractivity contribution in [3.8, 4) is 17.2 Å². The maximum Gasteiger partial charge on any atom is 0.193 e. The summed E-state index contributed by atoms with van der Waals surface area (Å²) in [6.07, 6.45) is 3.20. The van der Waals surface area contributed by atoms with Crippen molar-refractivity contribution in [3.05, 3.63) is 18.2 Å². The molecule has 156 valence electrons. The van der Waals surface area contributed by atoms with Gasteiger partial charge in [0.25, 0.3) is 0 Å². The zero-order valence-corrected chi connectivity index (χ0v) is 17.3. The van der Waals surface area contributed by atoms with Crippen LogP contribution in [0.5, 0.6) is 17.2 Å². The normalized spacial score (nSPS) is 22.0. The minimum atomic E-state index is 0.338. The average Bonchev–Trinajstić information content (AvgIpc) is 3.36. The third-order valence-corrected chi connectivity index (χ3v) is 5.42. The number of rotatable bonds is 8. The summed E-state index contributed by atoms with van der Waals surface area (Å²) in [5, 5.41) is 3.43. The highest BCUT2D eigenvalue weighted by molar-refractivity contribution is 5.80. The maximum absolute atomic E-state index is 5.85. The summed E-state index contributed by atoms with van der Waals surface area (Å²) in [7, 11) is 3.27. The highest BCUT2D eigenvalue weighted by Crippen LogP contribution is 2.38. The second-order valence-electron chi connectivity index (χ2n) is 7.46. The lowest BCUT2D eigenvalue weighted by atomic mass is 9.87. The number of nitrogens with zero attached hydrogens (tertiary/aromatic N) is 2. The molecule has 7 nitrogen and oxygen atoms in total. The van der Waals surface area contributed by atoms with Crippen LogP contribution in [0.1, 0.15) is 26.2 Å². The van der Waals surface area contributed by atoms with Gasteiger partial charge in [-0.25, -0.2) is 0 Å². The van der Waals surface area contributed by atoms with Crippen LogP contribution in [0, 0.1) is 5.41 Å². The Hall–Kier alpha value is -2.15. The van der Waals surface area contributed by atoms with Crippen molar-refractivity contribution in [2.45, 2.75) is 26.2 Å². The van der Waals surface area contributed by atoms with Gasteiger partial charge in [0.2, 0.25) is 0 Å². The Morgan fingerprint density at radius 1 is 1.18 bits per heavy atom. The predicted octanol–water partition coefficient (Wildman–Crippen LogP) is 2.55. The molecule has 1 aromatic rings. The molecule has 2 fully saturated rings. The molecule has 1 unspecified atom stereocenters. The van der Waals surface area contributed by atoms with Crippen LogP contribution in [0.3, 0.4) is 0 Å². The Morgan fingerprint density at radius 3 is 2.57 bits per heavy atom. The van der Waals surface area contributed by atoms with Crippen molar-refractivity contribution in [1.82, 2.24) is 10.2 Å². The molecule has 0 amide bonds. The van der Waals surface area contributed by atoms with Crippen LogP contribution in [-0.4, -0.2) is 71.1 Å². The minimum Gasteiger partial charge on any atom is -0.496 e. The van der Waals surface area contributed by atoms with Gasteiger partial charge in [0, 0.05) is 62.8 Å². The van der Waals surface area contributed by atoms with Crippen LogP contribution in [0.2, 0.25) is 0 Å². The summed E-state index contributed by atoms with van der Waals surface area (Å²) in [6, 6.07) is 5.56. The molecular weight excluding hydrogens is 358 g/mol. The van der Waals surface area contributed by atoms with E-state index in [2.05, 4.69) is 17.1 Å². The van der Waals surface area contributed by atoms with E-state index in [0.717, 1.165) is 69.0 Å². The molecule has 1 N–H and O–H groups in total. The third-order valence-electron chi connectivity index (χ3n) is 5.42. The molecule has 7 heteroatoms. The van der Waals surface area contributed by atoms with E-state index in [1.54, 1.807) is 14.2 Å². The van der Waals surface area contributed by atoms with Gasteiger partial charge in [0.15, 0.2) is 5.96 Å². The summed E-state index contributed by atoms with van der Waals surface area (Å²) in [4.78, 5) is 7.19. The van der Waals surface area contributed by atoms with E-state index in [4.69, 9.17) is 23.9 Å². The Balaban J connectivity index is 1.48. The first kappa shape index (κ1) is 20.6. The molecule has 2 aliphatic heterocycles. The number of nitrogens with one attached hydrogen (secondary N) is 1. The third kappa shape index (κ3) is 5.22. The van der Waals surface area contributed by atoms with Gasteiger partial charge in [0.05, 0.1) is 27.4 Å². The second kappa shape index (κ2) is 9.87. The van der Waals surface area contributed by atoms with Gasteiger partial charge < -0.3 is 29.2 Å². The smallest absolute Gasteiger partial charge is 0.193 e. The zero-order valence-electron chi connectivity index (χ0n) is 17.3. The molecule has 0 bridgehead atoms. The molecule has 2 saturated heterocycles. The summed E-state index contributed by atoms with van der Waals surface area (Å²) >= 11 is 0. The lowest BCUT2D eigenvalue weighted by Crippen LogP contribution is -2.41. The van der Waals surface area contributed by atoms with Crippen molar-refractivity contribution >= 4 is 5.96 Å². The molecule has 2 heterocycles. The van der Waals surface area contributed by atoms with E-state index in [9.17, 15) is 0 Å². The average molecular weight is 392 g/mol. The fourth-order valence-corrected chi connectivity index (χ4v) is 3.82. The number of aliphatic imine (C=N–C) groups is 1. The predicted molar refractivity (Wildman–Crippen MR) is 110 cm³/mol. The molecule has 1 atom stereocenters. The number of hydrogen-bond donors (Lipinski definition) is 1. The first-order valence-corrected chi connectivity index (χ1v) is 10.1. The van der Waals surface area contributed by atoms with Gasteiger partial charge in [-0.2, -0.15) is 0 Å². The highest BCUT2D eigenvalue weighted by atomic mass is 16.5. The summed E-state index contributed by atoms with van der Waals surface area (Å²) in [5.41, 5.74) is 0.338. The summed E-state index contributed by atoms with van der Waals surface area (Å²) in [6.45, 7) is 8.18. The molecule has 0 radical (unpaired) electrons. The number of guanidine groups is 1. The van der Waals surface area contributed by atoms with Crippen LogP contribution in [-0.2, 0) is 4.74 Å². The molecule has 0 aliphatic carbocycles. The van der Waals surface area contributed by atoms with E-state index in [1.807, 2.05) is 18.2 Å². The highest BCUT2D eigenvalue weighted by Gasteiger charge is 2.42. The lowest BCUT2D eigenvalue weighted by Gasteiger charge is -2.25. The van der Waals surface area contributed by atoms with Crippen molar-refractivity contribution in [1.29, 1.82) is 0 Å². The van der Waals surface area contributed by atoms with Crippen LogP contribution in [0.4, 0.5) is 0 Å². The molecule has 1 aromatic carbocycles. The van der Waals surface area contributed by atoms with Gasteiger partial charge in [-0.05, 0) is 19.8 Å². The lowest BCUT2D eigenvalue weighted by molar-refractivity contribution is 0.156. The maximum atomic E-state index is 5.85. The Labute approximate surface area is 168 Å². The number of methoxy groups -OCH3 is 2. The Bertz CT molecular complexity index is 637. The van der Waals surface area contributed by atoms with Gasteiger partial charge in [0.1, 0.15) is 17.2 Å². The topological polar surface area (TPSA) is 64.6 Å². The molecule has 28 heavy (non-hydrogen) atoms. The summed E-state index contributed by atoms with van der Waals surface area (Å²) < 4.78 is 22.0. The molecule has 2 aliphatic rings. The zero-order chi connectivity index (χ0) is 19.8.